The Bertz CT molecular complexity index is 592. The van der Waals surface area contributed by atoms with Crippen molar-refractivity contribution in [1.29, 1.82) is 0 Å². The Labute approximate surface area is 109 Å². The van der Waals surface area contributed by atoms with Gasteiger partial charge in [-0.25, -0.2) is 4.39 Å². The van der Waals surface area contributed by atoms with E-state index in [1.54, 1.807) is 6.07 Å². The van der Waals surface area contributed by atoms with Crippen LogP contribution in [-0.2, 0) is 6.54 Å². The molecule has 1 fully saturated rings. The molecule has 0 bridgehead atoms. The van der Waals surface area contributed by atoms with Gasteiger partial charge in [0.05, 0.1) is 12.1 Å². The molecule has 1 aliphatic rings. The predicted molar refractivity (Wildman–Crippen MR) is 66.6 cm³/mol. The van der Waals surface area contributed by atoms with Gasteiger partial charge in [-0.2, -0.15) is 0 Å². The van der Waals surface area contributed by atoms with Gasteiger partial charge in [-0.1, -0.05) is 11.6 Å². The molecule has 6 heteroatoms. The van der Waals surface area contributed by atoms with Crippen molar-refractivity contribution in [3.8, 4) is 11.4 Å². The van der Waals surface area contributed by atoms with E-state index >= 15 is 0 Å². The summed E-state index contributed by atoms with van der Waals surface area (Å²) in [7, 11) is 0. The van der Waals surface area contributed by atoms with Gasteiger partial charge >= 0.3 is 0 Å². The summed E-state index contributed by atoms with van der Waals surface area (Å²) < 4.78 is 15.8. The van der Waals surface area contributed by atoms with E-state index in [4.69, 9.17) is 17.3 Å². The molecule has 0 aliphatic heterocycles. The van der Waals surface area contributed by atoms with Gasteiger partial charge < -0.3 is 10.3 Å². The molecule has 0 saturated heterocycles. The highest BCUT2D eigenvalue weighted by Gasteiger charge is 2.30. The number of halogens is 2. The van der Waals surface area contributed by atoms with Gasteiger partial charge in [0.25, 0.3) is 0 Å². The van der Waals surface area contributed by atoms with Gasteiger partial charge in [0.15, 0.2) is 5.82 Å². The highest BCUT2D eigenvalue weighted by Crippen LogP contribution is 2.39. The third-order valence-electron chi connectivity index (χ3n) is 3.03. The summed E-state index contributed by atoms with van der Waals surface area (Å²) in [6, 6.07) is 4.76. The minimum absolute atomic E-state index is 0.297. The van der Waals surface area contributed by atoms with Crippen molar-refractivity contribution in [3.63, 3.8) is 0 Å². The summed E-state index contributed by atoms with van der Waals surface area (Å²) in [4.78, 5) is 0. The first kappa shape index (κ1) is 11.6. The molecule has 2 N–H and O–H groups in total. The Kier molecular flexibility index (Phi) is 2.80. The quantitative estimate of drug-likeness (QED) is 0.929. The van der Waals surface area contributed by atoms with Gasteiger partial charge in [0.2, 0.25) is 0 Å². The van der Waals surface area contributed by atoms with Gasteiger partial charge in [-0.3, -0.25) is 0 Å². The molecule has 94 valence electrons. The highest BCUT2D eigenvalue weighted by atomic mass is 35.5. The Morgan fingerprint density at radius 3 is 2.83 bits per heavy atom. The first-order chi connectivity index (χ1) is 8.70. The first-order valence-corrected chi connectivity index (χ1v) is 6.17. The summed E-state index contributed by atoms with van der Waals surface area (Å²) in [5.41, 5.74) is 6.01. The number of rotatable bonds is 3. The van der Waals surface area contributed by atoms with Crippen LogP contribution in [0, 0.1) is 5.82 Å². The van der Waals surface area contributed by atoms with Gasteiger partial charge in [-0.15, -0.1) is 10.2 Å². The molecule has 4 nitrogen and oxygen atoms in total. The summed E-state index contributed by atoms with van der Waals surface area (Å²) >= 11 is 5.91. The number of aromatic nitrogens is 3. The number of hydrogen-bond acceptors (Lipinski definition) is 3. The van der Waals surface area contributed by atoms with Gasteiger partial charge in [0.1, 0.15) is 11.6 Å². The molecule has 1 heterocycles. The van der Waals surface area contributed by atoms with Crippen molar-refractivity contribution in [2.75, 3.05) is 0 Å². The van der Waals surface area contributed by atoms with Crippen LogP contribution in [0.25, 0.3) is 11.4 Å². The topological polar surface area (TPSA) is 56.7 Å². The van der Waals surface area contributed by atoms with E-state index in [0.717, 1.165) is 12.8 Å². The van der Waals surface area contributed by atoms with Crippen LogP contribution in [0.5, 0.6) is 0 Å². The van der Waals surface area contributed by atoms with Crippen molar-refractivity contribution >= 4 is 11.6 Å². The normalized spacial score (nSPS) is 15.1. The molecule has 1 aromatic heterocycles. The van der Waals surface area contributed by atoms with Gasteiger partial charge in [-0.05, 0) is 31.0 Å². The maximum Gasteiger partial charge on any atom is 0.167 e. The fourth-order valence-electron chi connectivity index (χ4n) is 2.03. The van der Waals surface area contributed by atoms with Crippen molar-refractivity contribution in [2.45, 2.75) is 25.4 Å². The molecular weight excluding hydrogens is 255 g/mol. The van der Waals surface area contributed by atoms with Crippen molar-refractivity contribution in [2.24, 2.45) is 5.73 Å². The highest BCUT2D eigenvalue weighted by molar-refractivity contribution is 6.30. The monoisotopic (exact) mass is 266 g/mol. The standard InChI is InChI=1S/C12H12ClFN4/c13-7-1-4-10(14)9(5-7)12-17-16-11(6-15)18(12)8-2-3-8/h1,4-5,8H,2-3,6,15H2. The fourth-order valence-corrected chi connectivity index (χ4v) is 2.20. The Morgan fingerprint density at radius 1 is 1.39 bits per heavy atom. The maximum absolute atomic E-state index is 13.9. The molecule has 3 rings (SSSR count). The second kappa shape index (κ2) is 4.33. The smallest absolute Gasteiger partial charge is 0.167 e. The summed E-state index contributed by atoms with van der Waals surface area (Å²) in [6.45, 7) is 0.297. The predicted octanol–water partition coefficient (Wildman–Crippen LogP) is 2.53. The average Bonchev–Trinajstić information content (AvgIpc) is 3.12. The number of hydrogen-bond donors (Lipinski definition) is 1. The lowest BCUT2D eigenvalue weighted by molar-refractivity contribution is 0.624. The molecular formula is C12H12ClFN4. The van der Waals surface area contributed by atoms with E-state index < -0.39 is 0 Å². The van der Waals surface area contributed by atoms with Crippen LogP contribution in [-0.4, -0.2) is 14.8 Å². The maximum atomic E-state index is 13.9. The summed E-state index contributed by atoms with van der Waals surface area (Å²) in [6.07, 6.45) is 2.11. The molecule has 1 saturated carbocycles. The molecule has 2 aromatic rings. The van der Waals surface area contributed by atoms with Crippen molar-refractivity contribution in [3.05, 3.63) is 34.9 Å². The van der Waals surface area contributed by atoms with E-state index in [1.165, 1.54) is 12.1 Å². The van der Waals surface area contributed by atoms with Gasteiger partial charge in [0, 0.05) is 11.1 Å². The molecule has 0 radical (unpaired) electrons. The van der Waals surface area contributed by atoms with Crippen LogP contribution >= 0.6 is 11.6 Å². The zero-order valence-corrected chi connectivity index (χ0v) is 10.4. The van der Waals surface area contributed by atoms with Crippen LogP contribution < -0.4 is 5.73 Å². The second-order valence-corrected chi connectivity index (χ2v) is 4.81. The second-order valence-electron chi connectivity index (χ2n) is 4.37. The third-order valence-corrected chi connectivity index (χ3v) is 3.27. The Balaban J connectivity index is 2.16. The van der Waals surface area contributed by atoms with E-state index in [0.29, 0.717) is 34.8 Å². The number of nitrogens with two attached hydrogens (primary N) is 1. The number of nitrogens with zero attached hydrogens (tertiary/aromatic N) is 3. The molecule has 0 spiro atoms. The summed E-state index contributed by atoms with van der Waals surface area (Å²) in [5, 5.41) is 8.55. The van der Waals surface area contributed by atoms with Crippen LogP contribution in [0.15, 0.2) is 18.2 Å². The average molecular weight is 267 g/mol. The van der Waals surface area contributed by atoms with E-state index in [9.17, 15) is 4.39 Å². The lowest BCUT2D eigenvalue weighted by Crippen LogP contribution is -2.08. The van der Waals surface area contributed by atoms with E-state index in [2.05, 4.69) is 10.2 Å². The minimum Gasteiger partial charge on any atom is -0.324 e. The lowest BCUT2D eigenvalue weighted by atomic mass is 10.2. The van der Waals surface area contributed by atoms with E-state index in [-0.39, 0.29) is 5.82 Å². The first-order valence-electron chi connectivity index (χ1n) is 5.80. The summed E-state index contributed by atoms with van der Waals surface area (Å²) in [5.74, 6) is 0.849. The van der Waals surface area contributed by atoms with E-state index in [1.807, 2.05) is 4.57 Å². The molecule has 0 unspecified atom stereocenters. The zero-order valence-electron chi connectivity index (χ0n) is 9.61. The van der Waals surface area contributed by atoms with Crippen molar-refractivity contribution in [1.82, 2.24) is 14.8 Å². The zero-order chi connectivity index (χ0) is 12.7. The van der Waals surface area contributed by atoms with Crippen LogP contribution in [0.2, 0.25) is 5.02 Å². The number of benzene rings is 1. The molecule has 1 aromatic carbocycles. The Morgan fingerprint density at radius 2 is 2.17 bits per heavy atom. The third kappa shape index (κ3) is 1.89. The largest absolute Gasteiger partial charge is 0.324 e. The lowest BCUT2D eigenvalue weighted by Gasteiger charge is -2.08. The van der Waals surface area contributed by atoms with Crippen LogP contribution in [0.3, 0.4) is 0 Å². The Hall–Kier alpha value is -1.46. The fraction of sp³-hybridized carbons (Fsp3) is 0.333. The van der Waals surface area contributed by atoms with Crippen LogP contribution in [0.4, 0.5) is 4.39 Å². The molecule has 18 heavy (non-hydrogen) atoms. The van der Waals surface area contributed by atoms with Crippen LogP contribution in [0.1, 0.15) is 24.7 Å². The molecule has 0 atom stereocenters. The van der Waals surface area contributed by atoms with Crippen molar-refractivity contribution < 1.29 is 4.39 Å². The minimum atomic E-state index is -0.350. The SMILES string of the molecule is NCc1nnc(-c2cc(Cl)ccc2F)n1C1CC1. The molecule has 0 amide bonds. The molecule has 1 aliphatic carbocycles.